The van der Waals surface area contributed by atoms with Crippen LogP contribution in [0.4, 0.5) is 0 Å². The summed E-state index contributed by atoms with van der Waals surface area (Å²) < 4.78 is 5.70. The van der Waals surface area contributed by atoms with Gasteiger partial charge in [0.25, 0.3) is 0 Å². The van der Waals surface area contributed by atoms with Crippen molar-refractivity contribution < 1.29 is 19.7 Å². The quantitative estimate of drug-likeness (QED) is 0.655. The maximum Gasteiger partial charge on any atom is 0.370 e. The Bertz CT molecular complexity index is 412. The topological polar surface area (TPSA) is 66.8 Å². The second-order valence-electron chi connectivity index (χ2n) is 2.73. The van der Waals surface area contributed by atoms with Gasteiger partial charge in [0.1, 0.15) is 5.75 Å². The van der Waals surface area contributed by atoms with Crippen molar-refractivity contribution >= 4 is 28.0 Å². The van der Waals surface area contributed by atoms with Gasteiger partial charge >= 0.3 is 5.97 Å². The number of carboxylic acid groups (broad SMARTS) is 1. The molecule has 15 heavy (non-hydrogen) atoms. The van der Waals surface area contributed by atoms with Crippen LogP contribution in [-0.4, -0.2) is 23.3 Å². The SMILES string of the molecule is COc1ccc(/C=C(\O)C(=O)O)cc1Br. The molecule has 0 amide bonds. The summed E-state index contributed by atoms with van der Waals surface area (Å²) in [7, 11) is 1.53. The normalized spacial score (nSPS) is 11.2. The number of rotatable bonds is 3. The van der Waals surface area contributed by atoms with Gasteiger partial charge in [-0.05, 0) is 39.7 Å². The molecule has 0 atom stereocenters. The third-order valence-electron chi connectivity index (χ3n) is 1.70. The Hall–Kier alpha value is -1.49. The number of hydrogen-bond acceptors (Lipinski definition) is 3. The van der Waals surface area contributed by atoms with Gasteiger partial charge in [-0.15, -0.1) is 0 Å². The number of methoxy groups -OCH3 is 1. The molecule has 1 aromatic rings. The molecule has 0 unspecified atom stereocenters. The van der Waals surface area contributed by atoms with Crippen molar-refractivity contribution in [2.75, 3.05) is 7.11 Å². The minimum Gasteiger partial charge on any atom is -0.502 e. The van der Waals surface area contributed by atoms with E-state index in [9.17, 15) is 4.79 Å². The third-order valence-corrected chi connectivity index (χ3v) is 2.32. The maximum atomic E-state index is 10.4. The molecule has 5 heteroatoms. The molecular formula is C10H9BrO4. The molecule has 0 fully saturated rings. The Kier molecular flexibility index (Phi) is 3.74. The second kappa shape index (κ2) is 4.84. The number of benzene rings is 1. The van der Waals surface area contributed by atoms with Crippen LogP contribution in [0, 0.1) is 0 Å². The lowest BCUT2D eigenvalue weighted by Crippen LogP contribution is -1.98. The highest BCUT2D eigenvalue weighted by molar-refractivity contribution is 9.10. The van der Waals surface area contributed by atoms with Gasteiger partial charge in [-0.25, -0.2) is 4.79 Å². The molecule has 0 aromatic heterocycles. The molecule has 1 rings (SSSR count). The summed E-state index contributed by atoms with van der Waals surface area (Å²) in [6.07, 6.45) is 1.16. The average Bonchev–Trinajstić information content (AvgIpc) is 2.18. The predicted molar refractivity (Wildman–Crippen MR) is 58.9 cm³/mol. The summed E-state index contributed by atoms with van der Waals surface area (Å²) in [5, 5.41) is 17.5. The van der Waals surface area contributed by atoms with Gasteiger partial charge in [0.2, 0.25) is 5.76 Å². The maximum absolute atomic E-state index is 10.4. The van der Waals surface area contributed by atoms with Crippen molar-refractivity contribution in [3.8, 4) is 5.75 Å². The molecule has 2 N–H and O–H groups in total. The standard InChI is InChI=1S/C10H9BrO4/c1-15-9-3-2-6(4-7(9)11)5-8(12)10(13)14/h2-5,12H,1H3,(H,13,14)/b8-5-. The van der Waals surface area contributed by atoms with E-state index in [2.05, 4.69) is 15.9 Å². The highest BCUT2D eigenvalue weighted by Crippen LogP contribution is 2.26. The molecule has 0 aliphatic rings. The van der Waals surface area contributed by atoms with E-state index in [1.807, 2.05) is 0 Å². The molecular weight excluding hydrogens is 264 g/mol. The second-order valence-corrected chi connectivity index (χ2v) is 3.58. The predicted octanol–water partition coefficient (Wildman–Crippen LogP) is 2.44. The number of aliphatic hydroxyl groups is 1. The smallest absolute Gasteiger partial charge is 0.370 e. The zero-order valence-corrected chi connectivity index (χ0v) is 9.48. The van der Waals surface area contributed by atoms with E-state index in [1.54, 1.807) is 18.2 Å². The molecule has 0 radical (unpaired) electrons. The largest absolute Gasteiger partial charge is 0.502 e. The van der Waals surface area contributed by atoms with E-state index in [-0.39, 0.29) is 0 Å². The van der Waals surface area contributed by atoms with Crippen LogP contribution in [-0.2, 0) is 4.79 Å². The summed E-state index contributed by atoms with van der Waals surface area (Å²) in [4.78, 5) is 10.4. The van der Waals surface area contributed by atoms with Crippen molar-refractivity contribution in [2.24, 2.45) is 0 Å². The first-order valence-corrected chi connectivity index (χ1v) is 4.81. The molecule has 4 nitrogen and oxygen atoms in total. The monoisotopic (exact) mass is 272 g/mol. The van der Waals surface area contributed by atoms with Gasteiger partial charge in [-0.2, -0.15) is 0 Å². The summed E-state index contributed by atoms with van der Waals surface area (Å²) in [6, 6.07) is 4.96. The molecule has 0 bridgehead atoms. The van der Waals surface area contributed by atoms with Gasteiger partial charge < -0.3 is 14.9 Å². The van der Waals surface area contributed by atoms with E-state index in [0.29, 0.717) is 15.8 Å². The minimum atomic E-state index is -1.36. The zero-order valence-electron chi connectivity index (χ0n) is 7.90. The molecule has 0 aliphatic carbocycles. The Morgan fingerprint density at radius 1 is 1.47 bits per heavy atom. The first kappa shape index (κ1) is 11.6. The molecule has 0 aliphatic heterocycles. The molecule has 0 heterocycles. The van der Waals surface area contributed by atoms with Crippen LogP contribution in [0.1, 0.15) is 5.56 Å². The van der Waals surface area contributed by atoms with Crippen molar-refractivity contribution in [3.63, 3.8) is 0 Å². The number of carbonyl (C=O) groups is 1. The van der Waals surface area contributed by atoms with Gasteiger partial charge in [0.05, 0.1) is 11.6 Å². The molecule has 0 saturated carbocycles. The molecule has 0 spiro atoms. The lowest BCUT2D eigenvalue weighted by atomic mass is 10.2. The summed E-state index contributed by atoms with van der Waals surface area (Å²) >= 11 is 3.25. The lowest BCUT2D eigenvalue weighted by molar-refractivity contribution is -0.135. The van der Waals surface area contributed by atoms with Crippen LogP contribution >= 0.6 is 15.9 Å². The van der Waals surface area contributed by atoms with Gasteiger partial charge in [0, 0.05) is 0 Å². The summed E-state index contributed by atoms with van der Waals surface area (Å²) in [6.45, 7) is 0. The fourth-order valence-corrected chi connectivity index (χ4v) is 1.55. The number of aliphatic carboxylic acids is 1. The third kappa shape index (κ3) is 2.99. The minimum absolute atomic E-state index is 0.572. The van der Waals surface area contributed by atoms with Crippen molar-refractivity contribution in [1.82, 2.24) is 0 Å². The van der Waals surface area contributed by atoms with Crippen molar-refractivity contribution in [2.45, 2.75) is 0 Å². The summed E-state index contributed by atoms with van der Waals surface area (Å²) in [5.41, 5.74) is 0.572. The van der Waals surface area contributed by atoms with E-state index in [0.717, 1.165) is 6.08 Å². The Labute approximate surface area is 94.9 Å². The lowest BCUT2D eigenvalue weighted by Gasteiger charge is -2.03. The number of halogens is 1. The van der Waals surface area contributed by atoms with Crippen LogP contribution in [0.5, 0.6) is 5.75 Å². The Morgan fingerprint density at radius 2 is 2.13 bits per heavy atom. The van der Waals surface area contributed by atoms with Gasteiger partial charge in [-0.1, -0.05) is 6.07 Å². The number of ether oxygens (including phenoxy) is 1. The van der Waals surface area contributed by atoms with E-state index in [1.165, 1.54) is 7.11 Å². The van der Waals surface area contributed by atoms with Gasteiger partial charge in [0.15, 0.2) is 0 Å². The van der Waals surface area contributed by atoms with Crippen molar-refractivity contribution in [3.05, 3.63) is 34.0 Å². The van der Waals surface area contributed by atoms with Crippen LogP contribution in [0.25, 0.3) is 6.08 Å². The Balaban J connectivity index is 3.03. The van der Waals surface area contributed by atoms with Crippen LogP contribution in [0.3, 0.4) is 0 Å². The van der Waals surface area contributed by atoms with Gasteiger partial charge in [-0.3, -0.25) is 0 Å². The number of carboxylic acids is 1. The summed E-state index contributed by atoms with van der Waals surface area (Å²) in [5.74, 6) is -1.42. The fraction of sp³-hybridized carbons (Fsp3) is 0.100. The Morgan fingerprint density at radius 3 is 2.60 bits per heavy atom. The molecule has 1 aromatic carbocycles. The number of hydrogen-bond donors (Lipinski definition) is 2. The molecule has 80 valence electrons. The molecule has 0 saturated heterocycles. The van der Waals surface area contributed by atoms with E-state index in [4.69, 9.17) is 14.9 Å². The van der Waals surface area contributed by atoms with E-state index < -0.39 is 11.7 Å². The van der Waals surface area contributed by atoms with E-state index >= 15 is 0 Å². The van der Waals surface area contributed by atoms with Crippen molar-refractivity contribution in [1.29, 1.82) is 0 Å². The van der Waals surface area contributed by atoms with Crippen LogP contribution in [0.2, 0.25) is 0 Å². The highest BCUT2D eigenvalue weighted by Gasteiger charge is 2.05. The average molecular weight is 273 g/mol. The fourth-order valence-electron chi connectivity index (χ4n) is 0.992. The van der Waals surface area contributed by atoms with Crippen LogP contribution in [0.15, 0.2) is 28.4 Å². The first-order valence-electron chi connectivity index (χ1n) is 4.02. The first-order chi connectivity index (χ1) is 7.04. The highest BCUT2D eigenvalue weighted by atomic mass is 79.9. The number of aliphatic hydroxyl groups excluding tert-OH is 1. The zero-order chi connectivity index (χ0) is 11.4. The van der Waals surface area contributed by atoms with Crippen LogP contribution < -0.4 is 4.74 Å².